The molecule has 0 unspecified atom stereocenters. The minimum Gasteiger partial charge on any atom is -0.479 e. The monoisotopic (exact) mass is 102 g/mol. The highest BCUT2D eigenvalue weighted by Crippen LogP contribution is 1.76. The summed E-state index contributed by atoms with van der Waals surface area (Å²) < 4.78 is 0. The average Bonchev–Trinajstić information content (AvgIpc) is 1.69. The van der Waals surface area contributed by atoms with Crippen molar-refractivity contribution in [1.29, 1.82) is 0 Å². The Labute approximate surface area is 45.1 Å². The van der Waals surface area contributed by atoms with E-state index in [1.54, 1.807) is 0 Å². The molecule has 0 aromatic rings. The van der Waals surface area contributed by atoms with Gasteiger partial charge in [0.25, 0.3) is 0 Å². The molecule has 0 fully saturated rings. The van der Waals surface area contributed by atoms with Crippen molar-refractivity contribution in [3.8, 4) is 0 Å². The highest BCUT2D eigenvalue weighted by Gasteiger charge is 1.79. The first-order valence-electron chi connectivity index (χ1n) is 2.72. The van der Waals surface area contributed by atoms with Crippen LogP contribution in [0.5, 0.6) is 0 Å². The Kier molecular flexibility index (Phi) is 5.85. The van der Waals surface area contributed by atoms with Crippen LogP contribution in [0.15, 0.2) is 0 Å². The SMILES string of the molecule is [CH2-][NH2+]CCCCN. The van der Waals surface area contributed by atoms with Crippen LogP contribution in [0.2, 0.25) is 0 Å². The zero-order chi connectivity index (χ0) is 5.54. The first-order chi connectivity index (χ1) is 3.41. The maximum absolute atomic E-state index is 5.23. The molecule has 0 aliphatic rings. The van der Waals surface area contributed by atoms with E-state index in [4.69, 9.17) is 5.73 Å². The largest absolute Gasteiger partial charge is 0.479 e. The second-order valence-electron chi connectivity index (χ2n) is 1.57. The summed E-state index contributed by atoms with van der Waals surface area (Å²) in [5, 5.41) is 1.93. The molecule has 0 spiro atoms. The third-order valence-electron chi connectivity index (χ3n) is 0.862. The molecule has 0 heterocycles. The van der Waals surface area contributed by atoms with Crippen molar-refractivity contribution in [1.82, 2.24) is 0 Å². The van der Waals surface area contributed by atoms with Gasteiger partial charge in [-0.2, -0.15) is 7.05 Å². The molecular weight excluding hydrogens is 88.1 g/mol. The summed E-state index contributed by atoms with van der Waals surface area (Å²) in [6.45, 7) is 1.92. The number of quaternary nitrogens is 1. The lowest BCUT2D eigenvalue weighted by Gasteiger charge is -1.95. The third-order valence-corrected chi connectivity index (χ3v) is 0.862. The molecule has 0 saturated carbocycles. The van der Waals surface area contributed by atoms with E-state index in [-0.39, 0.29) is 0 Å². The number of hydrogen-bond acceptors (Lipinski definition) is 1. The smallest absolute Gasteiger partial charge is 0.0515 e. The van der Waals surface area contributed by atoms with E-state index in [0.717, 1.165) is 19.5 Å². The molecule has 2 heteroatoms. The molecule has 0 bridgehead atoms. The second kappa shape index (κ2) is 5.92. The molecule has 2 nitrogen and oxygen atoms in total. The van der Waals surface area contributed by atoms with Crippen molar-refractivity contribution in [3.63, 3.8) is 0 Å². The molecule has 0 atom stereocenters. The molecule has 4 N–H and O–H groups in total. The predicted molar refractivity (Wildman–Crippen MR) is 30.4 cm³/mol. The normalized spacial score (nSPS) is 9.43. The first-order valence-corrected chi connectivity index (χ1v) is 2.72. The Morgan fingerprint density at radius 2 is 2.14 bits per heavy atom. The van der Waals surface area contributed by atoms with Crippen LogP contribution in [0.3, 0.4) is 0 Å². The Morgan fingerprint density at radius 1 is 1.43 bits per heavy atom. The van der Waals surface area contributed by atoms with E-state index >= 15 is 0 Å². The number of unbranched alkanes of at least 4 members (excludes halogenated alkanes) is 1. The minimum atomic E-state index is 0.813. The summed E-state index contributed by atoms with van der Waals surface area (Å²) in [6.07, 6.45) is 2.33. The fourth-order valence-corrected chi connectivity index (χ4v) is 0.433. The van der Waals surface area contributed by atoms with E-state index in [1.165, 1.54) is 6.42 Å². The lowest BCUT2D eigenvalue weighted by molar-refractivity contribution is -0.595. The highest BCUT2D eigenvalue weighted by atomic mass is 14.8. The second-order valence-corrected chi connectivity index (χ2v) is 1.57. The van der Waals surface area contributed by atoms with Gasteiger partial charge in [-0.25, -0.2) is 0 Å². The number of rotatable bonds is 4. The molecular formula is C5H14N2. The van der Waals surface area contributed by atoms with Crippen LogP contribution in [-0.2, 0) is 0 Å². The molecule has 0 aliphatic heterocycles. The highest BCUT2D eigenvalue weighted by molar-refractivity contribution is 4.34. The van der Waals surface area contributed by atoms with Gasteiger partial charge >= 0.3 is 0 Å². The van der Waals surface area contributed by atoms with Gasteiger partial charge in [-0.15, -0.1) is 0 Å². The van der Waals surface area contributed by atoms with Gasteiger partial charge in [0.1, 0.15) is 0 Å². The predicted octanol–water partition coefficient (Wildman–Crippen LogP) is -0.920. The van der Waals surface area contributed by atoms with Crippen molar-refractivity contribution >= 4 is 0 Å². The minimum absolute atomic E-state index is 0.813. The summed E-state index contributed by atoms with van der Waals surface area (Å²) in [5.41, 5.74) is 5.23. The van der Waals surface area contributed by atoms with Crippen LogP contribution in [0.4, 0.5) is 0 Å². The molecule has 0 aromatic carbocycles. The van der Waals surface area contributed by atoms with Gasteiger partial charge in [0.05, 0.1) is 6.54 Å². The van der Waals surface area contributed by atoms with Gasteiger partial charge in [0.15, 0.2) is 0 Å². The standard InChI is InChI=1S/C5H14N2/c1-7-5-3-2-4-6/h1-7H2. The third kappa shape index (κ3) is 5.92. The lowest BCUT2D eigenvalue weighted by Crippen LogP contribution is -2.76. The summed E-state index contributed by atoms with van der Waals surface area (Å²) >= 11 is 0. The van der Waals surface area contributed by atoms with Crippen LogP contribution in [0.1, 0.15) is 12.8 Å². The van der Waals surface area contributed by atoms with Gasteiger partial charge in [0, 0.05) is 0 Å². The molecule has 44 valence electrons. The maximum Gasteiger partial charge on any atom is 0.0515 e. The Hall–Kier alpha value is -0.0800. The Balaban J connectivity index is 2.45. The Bertz CT molecular complexity index is 25.3. The van der Waals surface area contributed by atoms with Crippen LogP contribution in [-0.4, -0.2) is 13.1 Å². The molecule has 7 heavy (non-hydrogen) atoms. The van der Waals surface area contributed by atoms with Gasteiger partial charge in [0.2, 0.25) is 0 Å². The van der Waals surface area contributed by atoms with E-state index in [0.29, 0.717) is 0 Å². The van der Waals surface area contributed by atoms with Crippen molar-refractivity contribution < 1.29 is 5.32 Å². The maximum atomic E-state index is 5.23. The number of hydrogen-bond donors (Lipinski definition) is 2. The fraction of sp³-hybridized carbons (Fsp3) is 0.800. The fourth-order valence-electron chi connectivity index (χ4n) is 0.433. The molecule has 0 aliphatic carbocycles. The molecule has 0 amide bonds. The van der Waals surface area contributed by atoms with Crippen molar-refractivity contribution in [3.05, 3.63) is 7.05 Å². The van der Waals surface area contributed by atoms with Crippen molar-refractivity contribution in [2.45, 2.75) is 12.8 Å². The topological polar surface area (TPSA) is 42.6 Å². The van der Waals surface area contributed by atoms with Gasteiger partial charge in [-0.3, -0.25) is 0 Å². The molecule has 0 aromatic heterocycles. The Morgan fingerprint density at radius 3 is 2.57 bits per heavy atom. The van der Waals surface area contributed by atoms with Crippen LogP contribution in [0, 0.1) is 7.05 Å². The lowest BCUT2D eigenvalue weighted by atomic mass is 10.3. The van der Waals surface area contributed by atoms with E-state index in [9.17, 15) is 0 Å². The molecule has 0 radical (unpaired) electrons. The van der Waals surface area contributed by atoms with E-state index < -0.39 is 0 Å². The summed E-state index contributed by atoms with van der Waals surface area (Å²) in [5.74, 6) is 0. The van der Waals surface area contributed by atoms with E-state index in [1.807, 2.05) is 5.32 Å². The number of nitrogens with two attached hydrogens (primary N) is 2. The van der Waals surface area contributed by atoms with Gasteiger partial charge in [-0.05, 0) is 19.4 Å². The van der Waals surface area contributed by atoms with Crippen LogP contribution >= 0.6 is 0 Å². The summed E-state index contributed by atoms with van der Waals surface area (Å²) in [7, 11) is 3.59. The van der Waals surface area contributed by atoms with E-state index in [2.05, 4.69) is 7.05 Å². The summed E-state index contributed by atoms with van der Waals surface area (Å²) in [6, 6.07) is 0. The molecule has 0 rings (SSSR count). The average molecular weight is 102 g/mol. The summed E-state index contributed by atoms with van der Waals surface area (Å²) in [4.78, 5) is 0. The zero-order valence-electron chi connectivity index (χ0n) is 4.69. The van der Waals surface area contributed by atoms with Crippen molar-refractivity contribution in [2.24, 2.45) is 5.73 Å². The van der Waals surface area contributed by atoms with Crippen LogP contribution < -0.4 is 11.1 Å². The molecule has 0 saturated heterocycles. The first kappa shape index (κ1) is 6.92. The zero-order valence-corrected chi connectivity index (χ0v) is 4.69. The van der Waals surface area contributed by atoms with Gasteiger partial charge in [-0.1, -0.05) is 0 Å². The van der Waals surface area contributed by atoms with Crippen molar-refractivity contribution in [2.75, 3.05) is 13.1 Å². The van der Waals surface area contributed by atoms with Crippen LogP contribution in [0.25, 0.3) is 0 Å². The quantitative estimate of drug-likeness (QED) is 0.350. The van der Waals surface area contributed by atoms with Gasteiger partial charge < -0.3 is 11.1 Å².